The van der Waals surface area contributed by atoms with Crippen molar-refractivity contribution in [1.29, 1.82) is 0 Å². The van der Waals surface area contributed by atoms with Crippen LogP contribution in [0.5, 0.6) is 0 Å². The lowest BCUT2D eigenvalue weighted by atomic mass is 10.1. The molecule has 1 fully saturated rings. The van der Waals surface area contributed by atoms with Crippen molar-refractivity contribution in [3.8, 4) is 0 Å². The standard InChI is InChI=1S/C16H16FN5/c1-10(11-4-6-13(17)7-5-11)18-14-8-9-15-19-20-16(12-2-3-12)22(15)21-14/h4-10,12H,2-3H2,1H3,(H,18,21)/t10-/m1/s1. The number of anilines is 1. The molecule has 0 aliphatic heterocycles. The second-order valence-corrected chi connectivity index (χ2v) is 5.74. The van der Waals surface area contributed by atoms with Crippen LogP contribution in [0.3, 0.4) is 0 Å². The van der Waals surface area contributed by atoms with Gasteiger partial charge in [-0.25, -0.2) is 4.39 Å². The van der Waals surface area contributed by atoms with Crippen molar-refractivity contribution in [2.45, 2.75) is 31.7 Å². The number of hydrogen-bond donors (Lipinski definition) is 1. The highest BCUT2D eigenvalue weighted by Gasteiger charge is 2.29. The van der Waals surface area contributed by atoms with Gasteiger partial charge in [-0.05, 0) is 49.6 Å². The molecule has 1 aliphatic rings. The molecule has 1 aliphatic carbocycles. The maximum Gasteiger partial charge on any atom is 0.178 e. The van der Waals surface area contributed by atoms with E-state index in [-0.39, 0.29) is 11.9 Å². The first kappa shape index (κ1) is 13.2. The number of aromatic nitrogens is 4. The van der Waals surface area contributed by atoms with Crippen molar-refractivity contribution in [1.82, 2.24) is 19.8 Å². The van der Waals surface area contributed by atoms with E-state index >= 15 is 0 Å². The molecule has 22 heavy (non-hydrogen) atoms. The third kappa shape index (κ3) is 2.41. The Labute approximate surface area is 127 Å². The van der Waals surface area contributed by atoms with Gasteiger partial charge in [-0.2, -0.15) is 4.52 Å². The Kier molecular flexibility index (Phi) is 3.03. The van der Waals surface area contributed by atoms with E-state index in [1.807, 2.05) is 23.6 Å². The van der Waals surface area contributed by atoms with Crippen molar-refractivity contribution in [2.24, 2.45) is 0 Å². The molecule has 0 unspecified atom stereocenters. The van der Waals surface area contributed by atoms with E-state index in [0.29, 0.717) is 5.92 Å². The Morgan fingerprint density at radius 2 is 1.91 bits per heavy atom. The van der Waals surface area contributed by atoms with Crippen molar-refractivity contribution in [3.05, 3.63) is 53.6 Å². The lowest BCUT2D eigenvalue weighted by Gasteiger charge is -2.15. The van der Waals surface area contributed by atoms with Gasteiger partial charge in [0.05, 0.1) is 6.04 Å². The highest BCUT2D eigenvalue weighted by atomic mass is 19.1. The van der Waals surface area contributed by atoms with E-state index < -0.39 is 0 Å². The van der Waals surface area contributed by atoms with Gasteiger partial charge in [0, 0.05) is 5.92 Å². The molecule has 0 radical (unpaired) electrons. The zero-order valence-electron chi connectivity index (χ0n) is 12.2. The summed E-state index contributed by atoms with van der Waals surface area (Å²) in [5.41, 5.74) is 1.77. The molecule has 1 atom stereocenters. The number of benzene rings is 1. The van der Waals surface area contributed by atoms with E-state index in [1.54, 1.807) is 12.1 Å². The first-order chi connectivity index (χ1) is 10.7. The molecule has 2 heterocycles. The number of nitrogens with zero attached hydrogens (tertiary/aromatic N) is 4. The summed E-state index contributed by atoms with van der Waals surface area (Å²) in [6.07, 6.45) is 2.32. The molecule has 0 spiro atoms. The van der Waals surface area contributed by atoms with Crippen LogP contribution in [-0.2, 0) is 0 Å². The zero-order valence-corrected chi connectivity index (χ0v) is 12.2. The molecular formula is C16H16FN5. The Bertz CT molecular complexity index is 807. The summed E-state index contributed by atoms with van der Waals surface area (Å²) in [6.45, 7) is 2.02. The quantitative estimate of drug-likeness (QED) is 0.802. The lowest BCUT2D eigenvalue weighted by molar-refractivity contribution is 0.626. The predicted molar refractivity (Wildman–Crippen MR) is 81.2 cm³/mol. The molecule has 4 rings (SSSR count). The van der Waals surface area contributed by atoms with Crippen LogP contribution >= 0.6 is 0 Å². The van der Waals surface area contributed by atoms with Crippen LogP contribution in [-0.4, -0.2) is 19.8 Å². The van der Waals surface area contributed by atoms with E-state index in [0.717, 1.165) is 35.7 Å². The fourth-order valence-electron chi connectivity index (χ4n) is 2.54. The fraction of sp³-hybridized carbons (Fsp3) is 0.312. The van der Waals surface area contributed by atoms with Gasteiger partial charge in [-0.3, -0.25) is 0 Å². The summed E-state index contributed by atoms with van der Waals surface area (Å²) < 4.78 is 14.8. The smallest absolute Gasteiger partial charge is 0.178 e. The number of rotatable bonds is 4. The van der Waals surface area contributed by atoms with Crippen molar-refractivity contribution >= 4 is 11.5 Å². The normalized spacial score (nSPS) is 15.9. The average molecular weight is 297 g/mol. The van der Waals surface area contributed by atoms with Gasteiger partial charge >= 0.3 is 0 Å². The van der Waals surface area contributed by atoms with Gasteiger partial charge in [-0.15, -0.1) is 15.3 Å². The molecule has 112 valence electrons. The molecule has 1 N–H and O–H groups in total. The monoisotopic (exact) mass is 297 g/mol. The topological polar surface area (TPSA) is 55.1 Å². The summed E-state index contributed by atoms with van der Waals surface area (Å²) in [7, 11) is 0. The molecule has 0 saturated heterocycles. The molecule has 2 aromatic heterocycles. The Balaban J connectivity index is 1.60. The summed E-state index contributed by atoms with van der Waals surface area (Å²) in [5.74, 6) is 1.96. The van der Waals surface area contributed by atoms with Crippen LogP contribution in [0, 0.1) is 5.82 Å². The zero-order chi connectivity index (χ0) is 15.1. The van der Waals surface area contributed by atoms with Gasteiger partial charge in [0.15, 0.2) is 11.5 Å². The van der Waals surface area contributed by atoms with Crippen LogP contribution < -0.4 is 5.32 Å². The lowest BCUT2D eigenvalue weighted by Crippen LogP contribution is -2.10. The first-order valence-corrected chi connectivity index (χ1v) is 7.45. The minimum Gasteiger partial charge on any atom is -0.362 e. The van der Waals surface area contributed by atoms with Crippen molar-refractivity contribution < 1.29 is 4.39 Å². The van der Waals surface area contributed by atoms with Crippen LogP contribution in [0.1, 0.15) is 43.1 Å². The maximum atomic E-state index is 13.0. The van der Waals surface area contributed by atoms with Crippen LogP contribution in [0.25, 0.3) is 5.65 Å². The molecule has 5 nitrogen and oxygen atoms in total. The van der Waals surface area contributed by atoms with Gasteiger partial charge in [0.1, 0.15) is 11.6 Å². The van der Waals surface area contributed by atoms with Crippen molar-refractivity contribution in [3.63, 3.8) is 0 Å². The van der Waals surface area contributed by atoms with Crippen molar-refractivity contribution in [2.75, 3.05) is 5.32 Å². The number of fused-ring (bicyclic) bond motifs is 1. The Morgan fingerprint density at radius 1 is 1.14 bits per heavy atom. The van der Waals surface area contributed by atoms with Gasteiger partial charge in [-0.1, -0.05) is 12.1 Å². The van der Waals surface area contributed by atoms with Crippen LogP contribution in [0.2, 0.25) is 0 Å². The average Bonchev–Trinajstić information content (AvgIpc) is 3.28. The predicted octanol–water partition coefficient (Wildman–Crippen LogP) is 3.31. The Hall–Kier alpha value is -2.50. The van der Waals surface area contributed by atoms with Gasteiger partial charge in [0.2, 0.25) is 0 Å². The molecule has 0 bridgehead atoms. The molecule has 6 heteroatoms. The van der Waals surface area contributed by atoms with E-state index in [4.69, 9.17) is 0 Å². The second-order valence-electron chi connectivity index (χ2n) is 5.74. The van der Waals surface area contributed by atoms with Crippen LogP contribution in [0.15, 0.2) is 36.4 Å². The minimum atomic E-state index is -0.228. The maximum absolute atomic E-state index is 13.0. The molecule has 3 aromatic rings. The molecule has 1 aromatic carbocycles. The van der Waals surface area contributed by atoms with E-state index in [2.05, 4.69) is 20.6 Å². The molecule has 0 amide bonds. The number of halogens is 1. The SMILES string of the molecule is C[C@@H](Nc1ccc2nnc(C3CC3)n2n1)c1ccc(F)cc1. The first-order valence-electron chi connectivity index (χ1n) is 7.45. The van der Waals surface area contributed by atoms with E-state index in [9.17, 15) is 4.39 Å². The van der Waals surface area contributed by atoms with E-state index in [1.165, 1.54) is 12.1 Å². The third-order valence-corrected chi connectivity index (χ3v) is 3.96. The minimum absolute atomic E-state index is 0.0337. The fourth-order valence-corrected chi connectivity index (χ4v) is 2.54. The summed E-state index contributed by atoms with van der Waals surface area (Å²) >= 11 is 0. The summed E-state index contributed by atoms with van der Waals surface area (Å²) in [4.78, 5) is 0. The van der Waals surface area contributed by atoms with Crippen LogP contribution in [0.4, 0.5) is 10.2 Å². The van der Waals surface area contributed by atoms with Gasteiger partial charge in [0.25, 0.3) is 0 Å². The Morgan fingerprint density at radius 3 is 2.64 bits per heavy atom. The number of hydrogen-bond acceptors (Lipinski definition) is 4. The molecule has 1 saturated carbocycles. The largest absolute Gasteiger partial charge is 0.362 e. The summed E-state index contributed by atoms with van der Waals surface area (Å²) in [6, 6.07) is 10.3. The highest BCUT2D eigenvalue weighted by Crippen LogP contribution is 2.38. The molecular weight excluding hydrogens is 281 g/mol. The third-order valence-electron chi connectivity index (χ3n) is 3.96. The second kappa shape index (κ2) is 5.05. The summed E-state index contributed by atoms with van der Waals surface area (Å²) in [5, 5.41) is 16.3. The van der Waals surface area contributed by atoms with Gasteiger partial charge < -0.3 is 5.32 Å². The number of nitrogens with one attached hydrogen (secondary N) is 1. The highest BCUT2D eigenvalue weighted by molar-refractivity contribution is 5.45.